The zero-order valence-electron chi connectivity index (χ0n) is 11.4. The topological polar surface area (TPSA) is 69.7 Å². The van der Waals surface area contributed by atoms with E-state index in [0.29, 0.717) is 20.6 Å². The maximum absolute atomic E-state index is 12.1. The van der Waals surface area contributed by atoms with Gasteiger partial charge in [-0.1, -0.05) is 23.2 Å². The molecule has 1 aromatic rings. The van der Waals surface area contributed by atoms with Gasteiger partial charge < -0.3 is 10.2 Å². The first kappa shape index (κ1) is 15.6. The first-order valence-electron chi connectivity index (χ1n) is 6.20. The third-order valence-corrected chi connectivity index (χ3v) is 3.37. The summed E-state index contributed by atoms with van der Waals surface area (Å²) in [5.74, 6) is -0.570. The van der Waals surface area contributed by atoms with E-state index in [1.165, 1.54) is 23.1 Å². The molecule has 112 valence electrons. The van der Waals surface area contributed by atoms with Gasteiger partial charge >= 0.3 is 12.1 Å². The van der Waals surface area contributed by atoms with Crippen LogP contribution in [0.3, 0.4) is 0 Å². The van der Waals surface area contributed by atoms with Gasteiger partial charge in [-0.2, -0.15) is 4.90 Å². The molecule has 0 atom stereocenters. The van der Waals surface area contributed by atoms with Crippen molar-refractivity contribution >= 4 is 46.9 Å². The summed E-state index contributed by atoms with van der Waals surface area (Å²) >= 11 is 11.6. The number of hydrogen-bond donors (Lipinski definition) is 1. The van der Waals surface area contributed by atoms with Crippen molar-refractivity contribution < 1.29 is 14.4 Å². The smallest absolute Gasteiger partial charge is 0.312 e. The molecule has 6 nitrogen and oxygen atoms in total. The van der Waals surface area contributed by atoms with Crippen molar-refractivity contribution in [2.24, 2.45) is 0 Å². The molecule has 2 rings (SSSR count). The van der Waals surface area contributed by atoms with Crippen molar-refractivity contribution in [1.82, 2.24) is 9.80 Å². The highest BCUT2D eigenvalue weighted by Crippen LogP contribution is 2.23. The van der Waals surface area contributed by atoms with Gasteiger partial charge in [0.2, 0.25) is 0 Å². The van der Waals surface area contributed by atoms with Crippen LogP contribution in [0.5, 0.6) is 0 Å². The van der Waals surface area contributed by atoms with Crippen LogP contribution in [0.25, 0.3) is 0 Å². The summed E-state index contributed by atoms with van der Waals surface area (Å²) in [7, 11) is 0. The van der Waals surface area contributed by atoms with Gasteiger partial charge in [0.15, 0.2) is 0 Å². The van der Waals surface area contributed by atoms with Crippen LogP contribution in [0.1, 0.15) is 13.8 Å². The van der Waals surface area contributed by atoms with Crippen molar-refractivity contribution in [3.05, 3.63) is 28.2 Å². The molecule has 1 fully saturated rings. The Balaban J connectivity index is 2.17. The van der Waals surface area contributed by atoms with E-state index in [4.69, 9.17) is 23.2 Å². The number of nitrogens with zero attached hydrogens (tertiary/aromatic N) is 2. The number of anilines is 1. The predicted octanol–water partition coefficient (Wildman–Crippen LogP) is 3.20. The van der Waals surface area contributed by atoms with Crippen molar-refractivity contribution in [3.8, 4) is 0 Å². The summed E-state index contributed by atoms with van der Waals surface area (Å²) in [5.41, 5.74) is 0.307. The number of halogens is 2. The normalized spacial score (nSPS) is 15.1. The van der Waals surface area contributed by atoms with Crippen molar-refractivity contribution in [2.45, 2.75) is 19.9 Å². The second-order valence-corrected chi connectivity index (χ2v) is 5.69. The molecule has 1 aliphatic heterocycles. The molecule has 1 N–H and O–H groups in total. The lowest BCUT2D eigenvalue weighted by molar-refractivity contribution is -0.123. The maximum atomic E-state index is 12.1. The molecule has 0 radical (unpaired) electrons. The first-order chi connectivity index (χ1) is 9.79. The van der Waals surface area contributed by atoms with E-state index in [0.717, 1.165) is 0 Å². The monoisotopic (exact) mass is 329 g/mol. The van der Waals surface area contributed by atoms with Gasteiger partial charge in [-0.15, -0.1) is 0 Å². The average Bonchev–Trinajstić information content (AvgIpc) is 2.63. The van der Waals surface area contributed by atoms with E-state index in [1.54, 1.807) is 13.8 Å². The lowest BCUT2D eigenvalue weighted by atomic mass is 10.3. The van der Waals surface area contributed by atoms with Crippen LogP contribution in [0.15, 0.2) is 18.2 Å². The zero-order chi connectivity index (χ0) is 15.7. The fourth-order valence-electron chi connectivity index (χ4n) is 1.93. The quantitative estimate of drug-likeness (QED) is 0.847. The molecule has 0 saturated carbocycles. The van der Waals surface area contributed by atoms with E-state index in [9.17, 15) is 14.4 Å². The molecule has 0 unspecified atom stereocenters. The molecule has 0 bridgehead atoms. The molecule has 0 spiro atoms. The molecule has 8 heteroatoms. The maximum Gasteiger partial charge on any atom is 0.337 e. The molecule has 0 aromatic heterocycles. The Morgan fingerprint density at radius 3 is 2.24 bits per heavy atom. The third-order valence-electron chi connectivity index (χ3n) is 2.93. The van der Waals surface area contributed by atoms with E-state index in [-0.39, 0.29) is 12.6 Å². The first-order valence-corrected chi connectivity index (χ1v) is 6.96. The summed E-state index contributed by atoms with van der Waals surface area (Å²) in [6, 6.07) is 2.81. The summed E-state index contributed by atoms with van der Waals surface area (Å²) in [5, 5.41) is 3.10. The molecule has 21 heavy (non-hydrogen) atoms. The van der Waals surface area contributed by atoms with Crippen LogP contribution in [0.4, 0.5) is 15.3 Å². The number of imide groups is 3. The highest BCUT2D eigenvalue weighted by Gasteiger charge is 2.41. The van der Waals surface area contributed by atoms with E-state index >= 15 is 0 Å². The lowest BCUT2D eigenvalue weighted by Crippen LogP contribution is -2.42. The van der Waals surface area contributed by atoms with Gasteiger partial charge in [0, 0.05) is 21.8 Å². The SMILES string of the molecule is CC(C)N1CC(=O)N(C(=O)Nc2cc(Cl)cc(Cl)c2)C1=O. The Hall–Kier alpha value is -1.79. The van der Waals surface area contributed by atoms with Gasteiger partial charge in [0.1, 0.15) is 6.54 Å². The minimum absolute atomic E-state index is 0.111. The van der Waals surface area contributed by atoms with Crippen LogP contribution in [-0.4, -0.2) is 40.4 Å². The second kappa shape index (κ2) is 5.91. The van der Waals surface area contributed by atoms with Gasteiger partial charge in [-0.05, 0) is 32.0 Å². The van der Waals surface area contributed by atoms with Gasteiger partial charge in [-0.25, -0.2) is 9.59 Å². The van der Waals surface area contributed by atoms with Crippen LogP contribution in [0.2, 0.25) is 10.0 Å². The molecule has 0 aliphatic carbocycles. The van der Waals surface area contributed by atoms with Gasteiger partial charge in [0.05, 0.1) is 0 Å². The molecular weight excluding hydrogens is 317 g/mol. The second-order valence-electron chi connectivity index (χ2n) is 4.82. The molecular formula is C13H13Cl2N3O3. The largest absolute Gasteiger partial charge is 0.337 e. The fraction of sp³-hybridized carbons (Fsp3) is 0.308. The lowest BCUT2D eigenvalue weighted by Gasteiger charge is -2.19. The van der Waals surface area contributed by atoms with Crippen LogP contribution in [0, 0.1) is 0 Å². The number of carbonyl (C=O) groups is 3. The van der Waals surface area contributed by atoms with Crippen molar-refractivity contribution in [3.63, 3.8) is 0 Å². The minimum atomic E-state index is -0.827. The molecule has 1 aromatic carbocycles. The number of carbonyl (C=O) groups excluding carboxylic acids is 3. The van der Waals surface area contributed by atoms with Gasteiger partial charge in [-0.3, -0.25) is 4.79 Å². The zero-order valence-corrected chi connectivity index (χ0v) is 12.9. The molecule has 1 aliphatic rings. The van der Waals surface area contributed by atoms with Crippen molar-refractivity contribution in [2.75, 3.05) is 11.9 Å². The van der Waals surface area contributed by atoms with Crippen molar-refractivity contribution in [1.29, 1.82) is 0 Å². The molecule has 1 heterocycles. The number of hydrogen-bond acceptors (Lipinski definition) is 3. The third kappa shape index (κ3) is 3.28. The van der Waals surface area contributed by atoms with E-state index < -0.39 is 18.0 Å². The summed E-state index contributed by atoms with van der Waals surface area (Å²) < 4.78 is 0. The highest BCUT2D eigenvalue weighted by molar-refractivity contribution is 6.35. The number of amides is 5. The standard InChI is InChI=1S/C13H13Cl2N3O3/c1-7(2)17-6-11(19)18(13(17)21)12(20)16-10-4-8(14)3-9(15)5-10/h3-5,7H,6H2,1-2H3,(H,16,20). The Bertz CT molecular complexity index is 598. The van der Waals surface area contributed by atoms with Crippen LogP contribution in [-0.2, 0) is 4.79 Å². The van der Waals surface area contributed by atoms with Crippen LogP contribution < -0.4 is 5.32 Å². The molecule has 5 amide bonds. The number of urea groups is 2. The summed E-state index contributed by atoms with van der Waals surface area (Å²) in [4.78, 5) is 37.8. The Kier molecular flexibility index (Phi) is 4.39. The Labute approximate surface area is 131 Å². The summed E-state index contributed by atoms with van der Waals surface area (Å²) in [6.45, 7) is 3.42. The minimum Gasteiger partial charge on any atom is -0.312 e. The Morgan fingerprint density at radius 1 is 1.19 bits per heavy atom. The highest BCUT2D eigenvalue weighted by atomic mass is 35.5. The summed E-state index contributed by atoms with van der Waals surface area (Å²) in [6.07, 6.45) is 0. The number of benzene rings is 1. The fourth-order valence-corrected chi connectivity index (χ4v) is 2.45. The number of nitrogens with one attached hydrogen (secondary N) is 1. The van der Waals surface area contributed by atoms with Gasteiger partial charge in [0.25, 0.3) is 5.91 Å². The van der Waals surface area contributed by atoms with E-state index in [1.807, 2.05) is 0 Å². The molecule has 1 saturated heterocycles. The Morgan fingerprint density at radius 2 is 1.76 bits per heavy atom. The predicted molar refractivity (Wildman–Crippen MR) is 79.6 cm³/mol. The van der Waals surface area contributed by atoms with E-state index in [2.05, 4.69) is 5.32 Å². The van der Waals surface area contributed by atoms with Crippen LogP contribution >= 0.6 is 23.2 Å². The number of rotatable bonds is 2. The average molecular weight is 330 g/mol.